The van der Waals surface area contributed by atoms with Gasteiger partial charge < -0.3 is 68.9 Å². The Labute approximate surface area is 503 Å². The second-order valence-corrected chi connectivity index (χ2v) is 22.1. The van der Waals surface area contributed by atoms with Gasteiger partial charge in [-0.05, 0) is 135 Å². The Bertz CT molecular complexity index is 3220. The number of pyridine rings is 2. The van der Waals surface area contributed by atoms with Crippen LogP contribution in [0.3, 0.4) is 0 Å². The zero-order chi connectivity index (χ0) is 63.2. The van der Waals surface area contributed by atoms with Crippen LogP contribution in [0.2, 0.25) is 0 Å². The molecule has 0 bridgehead atoms. The van der Waals surface area contributed by atoms with Gasteiger partial charge in [0.2, 0.25) is 23.0 Å². The minimum absolute atomic E-state index is 0.0142. The summed E-state index contributed by atoms with van der Waals surface area (Å²) in [6.07, 6.45) is 1.27. The van der Waals surface area contributed by atoms with Crippen molar-refractivity contribution in [2.75, 3.05) is 72.2 Å². The van der Waals surface area contributed by atoms with Crippen LogP contribution in [0.25, 0.3) is 21.8 Å². The molecule has 87 heavy (non-hydrogen) atoms. The Balaban J connectivity index is 0.000000249. The van der Waals surface area contributed by atoms with Crippen molar-refractivity contribution in [1.29, 1.82) is 0 Å². The second kappa shape index (κ2) is 29.5. The normalized spacial score (nSPS) is 16.6. The molecule has 4 aromatic rings. The number of carbonyl (C=O) groups is 10. The van der Waals surface area contributed by atoms with E-state index in [1.807, 2.05) is 26.0 Å². The molecule has 2 saturated carbocycles. The van der Waals surface area contributed by atoms with Gasteiger partial charge >= 0.3 is 36.1 Å². The van der Waals surface area contributed by atoms with Crippen LogP contribution >= 0.6 is 0 Å². The van der Waals surface area contributed by atoms with Crippen molar-refractivity contribution in [3.05, 3.63) is 71.0 Å². The quantitative estimate of drug-likeness (QED) is 0.0539. The summed E-state index contributed by atoms with van der Waals surface area (Å²) in [5, 5.41) is 26.3. The number of fused-ring (bicyclic) bond motifs is 2. The van der Waals surface area contributed by atoms with E-state index < -0.39 is 83.0 Å². The van der Waals surface area contributed by atoms with Crippen LogP contribution in [0.4, 0.5) is 9.59 Å². The van der Waals surface area contributed by atoms with E-state index in [0.717, 1.165) is 11.1 Å². The van der Waals surface area contributed by atoms with Gasteiger partial charge in [-0.25, -0.2) is 29.1 Å². The number of aromatic nitrogens is 2. The summed E-state index contributed by atoms with van der Waals surface area (Å²) >= 11 is 0. The maximum Gasteiger partial charge on any atom is 0.409 e. The molecular weight excluding hydrogens is 1130 g/mol. The molecule has 0 spiro atoms. The number of nitrogens with one attached hydrogen (secondary N) is 2. The average Bonchev–Trinajstić information content (AvgIpc) is 0.864. The number of hydrogen-bond donors (Lipinski definition) is 4. The second-order valence-electron chi connectivity index (χ2n) is 22.1. The number of piperazine rings is 2. The molecule has 8 rings (SSSR count). The third-order valence-electron chi connectivity index (χ3n) is 15.4. The lowest BCUT2D eigenvalue weighted by atomic mass is 9.80. The van der Waals surface area contributed by atoms with Crippen LogP contribution in [0.15, 0.2) is 48.5 Å². The summed E-state index contributed by atoms with van der Waals surface area (Å²) in [5.74, 6) is -4.92. The Morgan fingerprint density at radius 3 is 1.23 bits per heavy atom. The van der Waals surface area contributed by atoms with E-state index in [-0.39, 0.29) is 127 Å². The topological polar surface area (TPSA) is 329 Å². The Kier molecular flexibility index (Phi) is 22.3. The standard InChI is InChI=1S/C31H40N4O9.C30H38N4O9/c1-5-42-30(41)35-15-13-34(14-16-35)28(38)22(9-10-26(36)43-19(2)3)33-27(37)24-18-25(44-31(29(39)40)11-6-12-31)21-8-7-20(4)17-23(21)32-24;1-4-41-25(35)10-9-21(27(37)33-13-15-34(16-14-33)29(40)42-5-2)32-26(36)23-18-24(43-30(28(38)39)11-6-12-30)20-8-7-19(3)17-22(20)31-23/h7-8,17-19,22H,5-6,9-16H2,1-4H3,(H,33,37)(H,39,40);7-8,17-18,21H,4-6,9-16H2,1-3H3,(H,32,36)(H,38,39). The number of hydrogen-bond acceptors (Lipinski definition) is 18. The van der Waals surface area contributed by atoms with Crippen LogP contribution in [0.1, 0.15) is 131 Å². The summed E-state index contributed by atoms with van der Waals surface area (Å²) in [6.45, 7) is 14.9. The molecule has 2 aromatic carbocycles. The molecule has 470 valence electrons. The number of ether oxygens (including phenoxy) is 6. The lowest BCUT2D eigenvalue weighted by molar-refractivity contribution is -0.163. The summed E-state index contributed by atoms with van der Waals surface area (Å²) in [4.78, 5) is 142. The number of aliphatic carboxylic acids is 2. The van der Waals surface area contributed by atoms with E-state index in [9.17, 15) is 58.2 Å². The van der Waals surface area contributed by atoms with Gasteiger partial charge in [0, 0.05) is 88.1 Å². The lowest BCUT2D eigenvalue weighted by Gasteiger charge is -2.38. The first-order valence-corrected chi connectivity index (χ1v) is 29.5. The van der Waals surface area contributed by atoms with Gasteiger partial charge in [0.25, 0.3) is 11.8 Å². The molecule has 4 heterocycles. The minimum atomic E-state index is -1.38. The number of aryl methyl sites for hydroxylation is 2. The van der Waals surface area contributed by atoms with Gasteiger partial charge in [-0.15, -0.1) is 0 Å². The molecular formula is C61H78N8O18. The van der Waals surface area contributed by atoms with Gasteiger partial charge in [-0.3, -0.25) is 28.8 Å². The van der Waals surface area contributed by atoms with Crippen molar-refractivity contribution < 1.29 is 86.6 Å². The van der Waals surface area contributed by atoms with Gasteiger partial charge in [0.05, 0.1) is 37.0 Å². The number of rotatable bonds is 22. The molecule has 2 aromatic heterocycles. The minimum Gasteiger partial charge on any atom is -0.478 e. The highest BCUT2D eigenvalue weighted by molar-refractivity contribution is 6.01. The molecule has 2 saturated heterocycles. The Hall–Kier alpha value is -8.84. The zero-order valence-corrected chi connectivity index (χ0v) is 50.3. The lowest BCUT2D eigenvalue weighted by Crippen LogP contribution is -2.56. The largest absolute Gasteiger partial charge is 0.478 e. The third-order valence-corrected chi connectivity index (χ3v) is 15.4. The molecule has 0 radical (unpaired) electrons. The van der Waals surface area contributed by atoms with Crippen molar-refractivity contribution in [1.82, 2.24) is 40.2 Å². The van der Waals surface area contributed by atoms with Crippen molar-refractivity contribution >= 4 is 81.5 Å². The van der Waals surface area contributed by atoms with Crippen molar-refractivity contribution in [2.45, 2.75) is 142 Å². The average molecular weight is 1210 g/mol. The smallest absolute Gasteiger partial charge is 0.409 e. The van der Waals surface area contributed by atoms with Crippen LogP contribution in [-0.4, -0.2) is 201 Å². The monoisotopic (exact) mass is 1210 g/mol. The number of esters is 2. The van der Waals surface area contributed by atoms with Gasteiger partial charge in [-0.1, -0.05) is 12.1 Å². The van der Waals surface area contributed by atoms with Crippen LogP contribution < -0.4 is 20.1 Å². The van der Waals surface area contributed by atoms with Crippen LogP contribution in [-0.2, 0) is 47.7 Å². The maximum absolute atomic E-state index is 13.6. The summed E-state index contributed by atoms with van der Waals surface area (Å²) in [5.41, 5.74) is -0.252. The zero-order valence-electron chi connectivity index (χ0n) is 50.3. The maximum atomic E-state index is 13.6. The van der Waals surface area contributed by atoms with E-state index in [1.54, 1.807) is 58.9 Å². The summed E-state index contributed by atoms with van der Waals surface area (Å²) in [6, 6.07) is 11.4. The molecule has 2 atom stereocenters. The molecule has 4 fully saturated rings. The summed E-state index contributed by atoms with van der Waals surface area (Å²) in [7, 11) is 0. The molecule has 2 unspecified atom stereocenters. The molecule has 26 nitrogen and oxygen atoms in total. The van der Waals surface area contributed by atoms with E-state index in [1.165, 1.54) is 31.7 Å². The van der Waals surface area contributed by atoms with Gasteiger partial charge in [0.1, 0.15) is 35.0 Å². The number of benzene rings is 2. The van der Waals surface area contributed by atoms with Crippen molar-refractivity contribution in [3.8, 4) is 11.5 Å². The fraction of sp³-hybridized carbons (Fsp3) is 0.541. The number of amides is 6. The first-order chi connectivity index (χ1) is 41.5. The Morgan fingerprint density at radius 2 is 0.897 bits per heavy atom. The highest BCUT2D eigenvalue weighted by Crippen LogP contribution is 2.41. The van der Waals surface area contributed by atoms with E-state index in [0.29, 0.717) is 60.3 Å². The molecule has 4 N–H and O–H groups in total. The highest BCUT2D eigenvalue weighted by Gasteiger charge is 2.49. The summed E-state index contributed by atoms with van der Waals surface area (Å²) < 4.78 is 32.4. The van der Waals surface area contributed by atoms with Crippen LogP contribution in [0, 0.1) is 13.8 Å². The molecule has 4 aliphatic rings. The fourth-order valence-electron chi connectivity index (χ4n) is 10.3. The number of carboxylic acids is 2. The number of nitrogens with zero attached hydrogens (tertiary/aromatic N) is 6. The Morgan fingerprint density at radius 1 is 0.529 bits per heavy atom. The molecule has 26 heteroatoms. The predicted molar refractivity (Wildman–Crippen MR) is 312 cm³/mol. The molecule has 6 amide bonds. The first kappa shape index (κ1) is 65.7. The van der Waals surface area contributed by atoms with Gasteiger partial charge in [0.15, 0.2) is 0 Å². The SMILES string of the molecule is CCOC(=O)CCC(NC(=O)c1cc(OC2(C(=O)O)CCC2)c2ccc(C)cc2n1)C(=O)N1CCN(C(=O)OCC)CC1.CCOC(=O)N1CCN(C(=O)C(CCC(=O)OC(C)C)NC(=O)c2cc(OC3(C(=O)O)CCC3)c3ccc(C)cc3n2)CC1. The van der Waals surface area contributed by atoms with Crippen molar-refractivity contribution in [2.24, 2.45) is 0 Å². The molecule has 2 aliphatic carbocycles. The van der Waals surface area contributed by atoms with E-state index in [4.69, 9.17) is 28.4 Å². The third kappa shape index (κ3) is 16.6. The number of carboxylic acid groups (broad SMARTS) is 2. The highest BCUT2D eigenvalue weighted by atomic mass is 16.6. The predicted octanol–water partition coefficient (Wildman–Crippen LogP) is 5.73. The van der Waals surface area contributed by atoms with Crippen molar-refractivity contribution in [3.63, 3.8) is 0 Å². The van der Waals surface area contributed by atoms with Crippen LogP contribution in [0.5, 0.6) is 11.5 Å². The van der Waals surface area contributed by atoms with E-state index in [2.05, 4.69) is 20.6 Å². The molecule has 2 aliphatic heterocycles. The van der Waals surface area contributed by atoms with E-state index >= 15 is 0 Å². The fourth-order valence-corrected chi connectivity index (χ4v) is 10.3. The van der Waals surface area contributed by atoms with Gasteiger partial charge in [-0.2, -0.15) is 0 Å². The first-order valence-electron chi connectivity index (χ1n) is 29.5. The number of carbonyl (C=O) groups excluding carboxylic acids is 8.